The van der Waals surface area contributed by atoms with E-state index in [0.717, 1.165) is 112 Å². The smallest absolute Gasteiger partial charge is 0.276 e. The lowest BCUT2D eigenvalue weighted by molar-refractivity contribution is 0.0986. The van der Waals surface area contributed by atoms with Crippen molar-refractivity contribution in [3.8, 4) is 23.0 Å². The topological polar surface area (TPSA) is 334 Å². The van der Waals surface area contributed by atoms with Crippen molar-refractivity contribution in [1.29, 1.82) is 0 Å². The van der Waals surface area contributed by atoms with E-state index in [1.165, 1.54) is 59.0 Å². The number of piperazine rings is 3. The normalized spacial score (nSPS) is 15.1. The Morgan fingerprint density at radius 2 is 0.784 bits per heavy atom. The molecule has 30 heteroatoms. The standard InChI is InChI=1S/C25H26N6O4.2C23H23N7O3.CH4/c1-34-21-11-16-15-31(25(33)17(16)12-22(21)35-2)23-14-27-13-19(28-23)24(32)29-18-5-3-4-6-20(18)30-9-7-26-8-10-30;1-33-16-2-3-17-15(10-16)14-30(23(17)32)21-13-26-12-19(27-21)22(31)28-18-11-25-5-4-20(18)29-8-6-24-7-9-29;1-33-16-3-2-15-14-30(23(32)17(15)10-16)21-13-26-12-19(27-21)22(31)28-18-11-25-5-4-20(18)29-8-6-24-7-9-29;/h3-6,11-14,26H,7-10,15H2,1-2H3,(H,29,32);2*2-5,10-13,24H,6-9,14H2,1H3,(H,28,31);1H4. The van der Waals surface area contributed by atoms with E-state index < -0.39 is 17.7 Å². The van der Waals surface area contributed by atoms with Gasteiger partial charge in [0.15, 0.2) is 29.0 Å². The van der Waals surface area contributed by atoms with Crippen molar-refractivity contribution in [2.24, 2.45) is 0 Å². The van der Waals surface area contributed by atoms with Gasteiger partial charge in [-0.05, 0) is 83.4 Å². The zero-order chi connectivity index (χ0) is 69.9. The van der Waals surface area contributed by atoms with E-state index in [-0.39, 0.29) is 42.2 Å². The summed E-state index contributed by atoms with van der Waals surface area (Å²) in [5, 5.41) is 18.7. The monoisotopic (exact) mass is 1380 g/mol. The van der Waals surface area contributed by atoms with Crippen LogP contribution in [0.25, 0.3) is 0 Å². The van der Waals surface area contributed by atoms with Crippen LogP contribution in [-0.2, 0) is 19.6 Å². The molecule has 30 nitrogen and oxygen atoms in total. The maximum Gasteiger partial charge on any atom is 0.276 e. The minimum Gasteiger partial charge on any atom is -0.497 e. The van der Waals surface area contributed by atoms with Crippen LogP contribution in [0.4, 0.5) is 51.6 Å². The molecule has 11 heterocycles. The second kappa shape index (κ2) is 31.7. The second-order valence-corrected chi connectivity index (χ2v) is 23.7. The fourth-order valence-electron chi connectivity index (χ4n) is 12.5. The summed E-state index contributed by atoms with van der Waals surface area (Å²) in [6.45, 7) is 11.3. The van der Waals surface area contributed by atoms with E-state index in [2.05, 4.69) is 86.5 Å². The van der Waals surface area contributed by atoms with E-state index in [1.54, 1.807) is 76.4 Å². The number of ether oxygens (including phenoxy) is 4. The molecule has 3 fully saturated rings. The fraction of sp³-hybridized carbons (Fsp3) is 0.278. The van der Waals surface area contributed by atoms with Crippen LogP contribution < -0.4 is 80.2 Å². The van der Waals surface area contributed by atoms with Gasteiger partial charge in [-0.2, -0.15) is 0 Å². The van der Waals surface area contributed by atoms with Crippen LogP contribution in [0.3, 0.4) is 0 Å². The number of carbonyl (C=O) groups excluding carboxylic acids is 6. The number of anilines is 9. The maximum atomic E-state index is 13.1. The molecule has 0 atom stereocenters. The van der Waals surface area contributed by atoms with Gasteiger partial charge in [-0.1, -0.05) is 25.6 Å². The molecule has 5 aromatic heterocycles. The SMILES string of the molecule is C.COc1cc2c(cc1OC)C(=O)N(c1cncc(C(=O)Nc3ccccc3N3CCNCC3)n1)C2.COc1ccc2c(c1)C(=O)N(c1cncc(C(=O)Nc3cnccc3N3CCNCC3)n1)C2.COc1ccc2c(c1)CN(c1cncc(C(=O)Nc3cnccc3N3CCNCC3)n1)C2=O. The quantitative estimate of drug-likeness (QED) is 0.0613. The van der Waals surface area contributed by atoms with Crippen LogP contribution in [0, 0.1) is 0 Å². The third-order valence-corrected chi connectivity index (χ3v) is 17.7. The van der Waals surface area contributed by atoms with E-state index in [1.807, 2.05) is 54.6 Å². The molecule has 0 bridgehead atoms. The van der Waals surface area contributed by atoms with E-state index in [9.17, 15) is 28.8 Å². The Hall–Kier alpha value is -12.3. The number of methoxy groups -OCH3 is 4. The molecule has 15 rings (SSSR count). The largest absolute Gasteiger partial charge is 0.497 e. The lowest BCUT2D eigenvalue weighted by Gasteiger charge is -2.31. The average molecular weight is 1380 g/mol. The number of carbonyl (C=O) groups is 6. The predicted octanol–water partition coefficient (Wildman–Crippen LogP) is 6.36. The highest BCUT2D eigenvalue weighted by Gasteiger charge is 2.35. The number of nitrogens with zero attached hydrogens (tertiary/aromatic N) is 14. The second-order valence-electron chi connectivity index (χ2n) is 23.7. The van der Waals surface area contributed by atoms with E-state index in [0.29, 0.717) is 93.8 Å². The van der Waals surface area contributed by atoms with E-state index >= 15 is 0 Å². The molecule has 0 saturated carbocycles. The molecule has 6 N–H and O–H groups in total. The third kappa shape index (κ3) is 15.1. The van der Waals surface area contributed by atoms with Gasteiger partial charge in [0.25, 0.3) is 35.4 Å². The average Bonchev–Trinajstić information content (AvgIpc) is 1.64. The Balaban J connectivity index is 0.000000144. The highest BCUT2D eigenvalue weighted by molar-refractivity contribution is 6.13. The number of hydrogen-bond acceptors (Lipinski definition) is 24. The first kappa shape index (κ1) is 69.6. The number of pyridine rings is 2. The summed E-state index contributed by atoms with van der Waals surface area (Å²) in [4.78, 5) is 123. The third-order valence-electron chi connectivity index (χ3n) is 17.7. The number of nitrogens with one attached hydrogen (secondary N) is 6. The summed E-state index contributed by atoms with van der Waals surface area (Å²) in [5.41, 5.74) is 9.18. The first-order valence-electron chi connectivity index (χ1n) is 32.6. The number of hydrogen-bond donors (Lipinski definition) is 6. The van der Waals surface area contributed by atoms with Crippen molar-refractivity contribution in [2.75, 3.05) is 152 Å². The van der Waals surface area contributed by atoms with E-state index in [4.69, 9.17) is 18.9 Å². The zero-order valence-corrected chi connectivity index (χ0v) is 55.8. The number of rotatable bonds is 16. The molecular weight excluding hydrogens is 1300 g/mol. The first-order valence-corrected chi connectivity index (χ1v) is 32.6. The van der Waals surface area contributed by atoms with Gasteiger partial charge >= 0.3 is 0 Å². The van der Waals surface area contributed by atoms with Crippen molar-refractivity contribution >= 4 is 87.0 Å². The molecule has 0 spiro atoms. The van der Waals surface area contributed by atoms with Crippen LogP contribution >= 0.6 is 0 Å². The van der Waals surface area contributed by atoms with Crippen LogP contribution in [-0.4, -0.2) is 182 Å². The summed E-state index contributed by atoms with van der Waals surface area (Å²) >= 11 is 0. The molecule has 3 saturated heterocycles. The summed E-state index contributed by atoms with van der Waals surface area (Å²) < 4.78 is 21.2. The molecule has 0 radical (unpaired) electrons. The number of para-hydroxylation sites is 2. The highest BCUT2D eigenvalue weighted by atomic mass is 16.5. The van der Waals surface area contributed by atoms with Gasteiger partial charge in [0.2, 0.25) is 0 Å². The minimum absolute atomic E-state index is 0. The van der Waals surface area contributed by atoms with Crippen molar-refractivity contribution in [3.05, 3.63) is 197 Å². The van der Waals surface area contributed by atoms with Gasteiger partial charge in [0.1, 0.15) is 28.6 Å². The summed E-state index contributed by atoms with van der Waals surface area (Å²) in [7, 11) is 6.21. The van der Waals surface area contributed by atoms with Gasteiger partial charge in [0.05, 0.1) is 132 Å². The van der Waals surface area contributed by atoms with Crippen LogP contribution in [0.5, 0.6) is 23.0 Å². The molecule has 0 aliphatic carbocycles. The van der Waals surface area contributed by atoms with Gasteiger partial charge < -0.3 is 65.5 Å². The molecule has 524 valence electrons. The lowest BCUT2D eigenvalue weighted by Crippen LogP contribution is -2.43. The first-order chi connectivity index (χ1) is 49.4. The molecule has 6 aliphatic heterocycles. The molecular formula is C72H76N20O10. The van der Waals surface area contributed by atoms with Gasteiger partial charge in [-0.3, -0.25) is 68.4 Å². The Labute approximate surface area is 587 Å². The number of amides is 6. The van der Waals surface area contributed by atoms with Crippen LogP contribution in [0.1, 0.15) is 86.7 Å². The van der Waals surface area contributed by atoms with Crippen molar-refractivity contribution in [2.45, 2.75) is 27.1 Å². The molecule has 6 amide bonds. The molecule has 9 aromatic rings. The van der Waals surface area contributed by atoms with Crippen LogP contribution in [0.15, 0.2) is 147 Å². The van der Waals surface area contributed by atoms with Gasteiger partial charge in [0, 0.05) is 108 Å². The molecule has 6 aliphatic rings. The highest BCUT2D eigenvalue weighted by Crippen LogP contribution is 2.38. The number of fused-ring (bicyclic) bond motifs is 3. The molecule has 102 heavy (non-hydrogen) atoms. The van der Waals surface area contributed by atoms with Crippen molar-refractivity contribution in [1.82, 2.24) is 55.8 Å². The Morgan fingerprint density at radius 3 is 1.25 bits per heavy atom. The minimum atomic E-state index is -0.417. The van der Waals surface area contributed by atoms with Gasteiger partial charge in [-0.15, -0.1) is 0 Å². The zero-order valence-electron chi connectivity index (χ0n) is 55.8. The molecule has 0 unspecified atom stereocenters. The Bertz CT molecular complexity index is 4490. The summed E-state index contributed by atoms with van der Waals surface area (Å²) in [5.74, 6) is 1.38. The summed E-state index contributed by atoms with van der Waals surface area (Å²) in [6.07, 6.45) is 15.3. The molecule has 4 aromatic carbocycles. The number of benzene rings is 4. The lowest BCUT2D eigenvalue weighted by atomic mass is 10.1. The van der Waals surface area contributed by atoms with Crippen LogP contribution in [0.2, 0.25) is 0 Å². The Morgan fingerprint density at radius 1 is 0.392 bits per heavy atom. The predicted molar refractivity (Wildman–Crippen MR) is 384 cm³/mol. The number of aromatic nitrogens is 8. The Kier molecular flexibility index (Phi) is 21.6. The van der Waals surface area contributed by atoms with Crippen molar-refractivity contribution in [3.63, 3.8) is 0 Å². The fourth-order valence-corrected chi connectivity index (χ4v) is 12.5. The van der Waals surface area contributed by atoms with Gasteiger partial charge in [-0.25, -0.2) is 15.0 Å². The van der Waals surface area contributed by atoms with Crippen molar-refractivity contribution < 1.29 is 47.7 Å². The maximum absolute atomic E-state index is 13.1. The summed E-state index contributed by atoms with van der Waals surface area (Å²) in [6, 6.07) is 25.6.